The van der Waals surface area contributed by atoms with Crippen molar-refractivity contribution in [3.8, 4) is 0 Å². The van der Waals surface area contributed by atoms with Gasteiger partial charge < -0.3 is 9.47 Å². The van der Waals surface area contributed by atoms with E-state index in [2.05, 4.69) is 19.5 Å². The van der Waals surface area contributed by atoms with E-state index in [1.807, 2.05) is 24.5 Å². The van der Waals surface area contributed by atoms with Gasteiger partial charge in [-0.2, -0.15) is 0 Å². The Balaban J connectivity index is 1.52. The maximum atomic E-state index is 13.9. The molecule has 4 rings (SSSR count). The Morgan fingerprint density at radius 3 is 2.89 bits per heavy atom. The number of halogens is 1. The third-order valence-electron chi connectivity index (χ3n) is 4.90. The summed E-state index contributed by atoms with van der Waals surface area (Å²) in [6.07, 6.45) is 11.7. The number of likely N-dealkylation sites (tertiary alicyclic amines) is 1. The Kier molecular flexibility index (Phi) is 4.91. The van der Waals surface area contributed by atoms with Gasteiger partial charge in [0.25, 0.3) is 5.91 Å². The van der Waals surface area contributed by atoms with E-state index in [0.717, 1.165) is 30.4 Å². The lowest BCUT2D eigenvalue weighted by molar-refractivity contribution is 0.0698. The number of nitrogens with zero attached hydrogens (tertiary/aromatic N) is 5. The second-order valence-electron chi connectivity index (χ2n) is 6.72. The Hall–Kier alpha value is -3.09. The molecule has 0 bridgehead atoms. The van der Waals surface area contributed by atoms with Crippen LogP contribution in [0.2, 0.25) is 0 Å². The van der Waals surface area contributed by atoms with Gasteiger partial charge in [-0.3, -0.25) is 14.8 Å². The largest absolute Gasteiger partial charge is 0.338 e. The van der Waals surface area contributed by atoms with Gasteiger partial charge >= 0.3 is 0 Å². The van der Waals surface area contributed by atoms with Crippen molar-refractivity contribution in [2.75, 3.05) is 13.1 Å². The fourth-order valence-corrected chi connectivity index (χ4v) is 3.59. The van der Waals surface area contributed by atoms with Crippen molar-refractivity contribution in [1.29, 1.82) is 0 Å². The highest BCUT2D eigenvalue weighted by Gasteiger charge is 2.29. The Labute approximate surface area is 156 Å². The normalized spacial score (nSPS) is 17.1. The van der Waals surface area contributed by atoms with Crippen LogP contribution in [-0.2, 0) is 6.54 Å². The van der Waals surface area contributed by atoms with Crippen LogP contribution in [0.4, 0.5) is 4.39 Å². The van der Waals surface area contributed by atoms with Gasteiger partial charge in [-0.25, -0.2) is 9.37 Å². The van der Waals surface area contributed by atoms with Crippen LogP contribution in [0, 0.1) is 5.82 Å². The lowest BCUT2D eigenvalue weighted by atomic mass is 9.96. The molecule has 1 unspecified atom stereocenters. The summed E-state index contributed by atoms with van der Waals surface area (Å²) in [6.45, 7) is 1.84. The second-order valence-corrected chi connectivity index (χ2v) is 6.72. The van der Waals surface area contributed by atoms with Crippen molar-refractivity contribution in [3.05, 3.63) is 78.1 Å². The molecule has 0 spiro atoms. The maximum Gasteiger partial charge on any atom is 0.256 e. The number of carbonyl (C=O) groups is 1. The predicted molar refractivity (Wildman–Crippen MR) is 97.6 cm³/mol. The lowest BCUT2D eigenvalue weighted by Gasteiger charge is -2.32. The van der Waals surface area contributed by atoms with E-state index in [0.29, 0.717) is 19.6 Å². The molecule has 1 aliphatic heterocycles. The number of hydrogen-bond donors (Lipinski definition) is 0. The first-order chi connectivity index (χ1) is 13.2. The van der Waals surface area contributed by atoms with Crippen molar-refractivity contribution >= 4 is 5.91 Å². The maximum absolute atomic E-state index is 13.9. The van der Waals surface area contributed by atoms with Crippen LogP contribution in [-0.4, -0.2) is 43.4 Å². The van der Waals surface area contributed by atoms with Crippen LogP contribution in [0.25, 0.3) is 0 Å². The summed E-state index contributed by atoms with van der Waals surface area (Å²) >= 11 is 0. The van der Waals surface area contributed by atoms with E-state index >= 15 is 0 Å². The Morgan fingerprint density at radius 2 is 2.07 bits per heavy atom. The highest BCUT2D eigenvalue weighted by Crippen LogP contribution is 2.27. The molecule has 3 aromatic heterocycles. The van der Waals surface area contributed by atoms with Gasteiger partial charge in [0.1, 0.15) is 5.82 Å². The summed E-state index contributed by atoms with van der Waals surface area (Å²) < 4.78 is 16.0. The molecule has 3 aromatic rings. The van der Waals surface area contributed by atoms with Crippen molar-refractivity contribution in [3.63, 3.8) is 0 Å². The number of aromatic nitrogens is 4. The minimum Gasteiger partial charge on any atom is -0.338 e. The topological polar surface area (TPSA) is 63.9 Å². The number of piperidine rings is 1. The van der Waals surface area contributed by atoms with Gasteiger partial charge in [0.2, 0.25) is 0 Å². The molecular formula is C20H20FN5O. The first-order valence-corrected chi connectivity index (χ1v) is 9.01. The highest BCUT2D eigenvalue weighted by molar-refractivity contribution is 5.94. The molecule has 1 fully saturated rings. The number of imidazole rings is 1. The summed E-state index contributed by atoms with van der Waals surface area (Å²) in [7, 11) is 0. The quantitative estimate of drug-likeness (QED) is 0.713. The number of amides is 1. The zero-order valence-corrected chi connectivity index (χ0v) is 14.8. The molecular weight excluding hydrogens is 345 g/mol. The third kappa shape index (κ3) is 3.72. The third-order valence-corrected chi connectivity index (χ3v) is 4.90. The molecule has 0 saturated carbocycles. The molecule has 27 heavy (non-hydrogen) atoms. The first-order valence-electron chi connectivity index (χ1n) is 9.01. The number of carbonyl (C=O) groups excluding carboxylic acids is 1. The SMILES string of the molecule is O=C(c1ccncc1F)N1CCCC(c2nccn2Cc2cccnc2)C1. The van der Waals surface area contributed by atoms with Crippen LogP contribution < -0.4 is 0 Å². The van der Waals surface area contributed by atoms with Crippen molar-refractivity contribution < 1.29 is 9.18 Å². The minimum absolute atomic E-state index is 0.0735. The van der Waals surface area contributed by atoms with Gasteiger partial charge in [0.15, 0.2) is 5.82 Å². The average Bonchev–Trinajstić information content (AvgIpc) is 3.17. The van der Waals surface area contributed by atoms with Crippen molar-refractivity contribution in [1.82, 2.24) is 24.4 Å². The summed E-state index contributed by atoms with van der Waals surface area (Å²) in [5.74, 6) is 0.207. The molecule has 1 amide bonds. The average molecular weight is 365 g/mol. The van der Waals surface area contributed by atoms with Crippen LogP contribution in [0.5, 0.6) is 0 Å². The van der Waals surface area contributed by atoms with Gasteiger partial charge in [-0.1, -0.05) is 6.07 Å². The van der Waals surface area contributed by atoms with Crippen LogP contribution in [0.15, 0.2) is 55.4 Å². The van der Waals surface area contributed by atoms with Gasteiger partial charge in [0.05, 0.1) is 18.3 Å². The van der Waals surface area contributed by atoms with E-state index in [1.165, 1.54) is 12.3 Å². The highest BCUT2D eigenvalue weighted by atomic mass is 19.1. The summed E-state index contributed by atoms with van der Waals surface area (Å²) in [5, 5.41) is 0. The standard InChI is InChI=1S/C20H20FN5O/c21-18-12-23-7-5-17(18)20(27)26-9-2-4-16(14-26)19-24-8-10-25(19)13-15-3-1-6-22-11-15/h1,3,5-8,10-12,16H,2,4,9,13-14H2. The van der Waals surface area contributed by atoms with Crippen LogP contribution >= 0.6 is 0 Å². The first kappa shape index (κ1) is 17.3. The fourth-order valence-electron chi connectivity index (χ4n) is 3.59. The zero-order valence-electron chi connectivity index (χ0n) is 14.8. The molecule has 1 saturated heterocycles. The molecule has 6 nitrogen and oxygen atoms in total. The molecule has 0 radical (unpaired) electrons. The Bertz CT molecular complexity index is 927. The second kappa shape index (κ2) is 7.65. The molecule has 0 aromatic carbocycles. The van der Waals surface area contributed by atoms with Crippen molar-refractivity contribution in [2.45, 2.75) is 25.3 Å². The fraction of sp³-hybridized carbons (Fsp3) is 0.300. The van der Waals surface area contributed by atoms with Gasteiger partial charge in [0, 0.05) is 50.0 Å². The van der Waals surface area contributed by atoms with E-state index in [1.54, 1.807) is 17.3 Å². The monoisotopic (exact) mass is 365 g/mol. The number of rotatable bonds is 4. The minimum atomic E-state index is -0.581. The zero-order chi connectivity index (χ0) is 18.6. The summed E-state index contributed by atoms with van der Waals surface area (Å²) in [5.41, 5.74) is 1.17. The number of hydrogen-bond acceptors (Lipinski definition) is 4. The molecule has 4 heterocycles. The molecule has 1 aliphatic rings. The van der Waals surface area contributed by atoms with E-state index < -0.39 is 5.82 Å². The van der Waals surface area contributed by atoms with E-state index in [-0.39, 0.29) is 17.4 Å². The van der Waals surface area contributed by atoms with Crippen molar-refractivity contribution in [2.24, 2.45) is 0 Å². The Morgan fingerprint density at radius 1 is 1.19 bits per heavy atom. The van der Waals surface area contributed by atoms with E-state index in [4.69, 9.17) is 0 Å². The predicted octanol–water partition coefficient (Wildman–Crippen LogP) is 2.88. The van der Waals surface area contributed by atoms with Gasteiger partial charge in [-0.05, 0) is 30.5 Å². The van der Waals surface area contributed by atoms with E-state index in [9.17, 15) is 9.18 Å². The summed E-state index contributed by atoms with van der Waals surface area (Å²) in [4.78, 5) is 26.9. The van der Waals surface area contributed by atoms with Gasteiger partial charge in [-0.15, -0.1) is 0 Å². The van der Waals surface area contributed by atoms with Crippen LogP contribution in [0.1, 0.15) is 40.5 Å². The molecule has 138 valence electrons. The molecule has 7 heteroatoms. The lowest BCUT2D eigenvalue weighted by Crippen LogP contribution is -2.40. The number of pyridine rings is 2. The molecule has 0 aliphatic carbocycles. The summed E-state index contributed by atoms with van der Waals surface area (Å²) in [6, 6.07) is 5.38. The molecule has 1 atom stereocenters. The van der Waals surface area contributed by atoms with Crippen LogP contribution in [0.3, 0.4) is 0 Å². The molecule has 0 N–H and O–H groups in total. The smallest absolute Gasteiger partial charge is 0.256 e.